The van der Waals surface area contributed by atoms with Crippen LogP contribution in [0.1, 0.15) is 58.3 Å². The van der Waals surface area contributed by atoms with E-state index in [1.807, 2.05) is 0 Å². The Morgan fingerprint density at radius 3 is 1.60 bits per heavy atom. The standard InChI is InChI=1S/C13H26N2O5Si.C7H15NO4Si.C7H18O3Si/c1-18-21(19-2,20-3)11-7-9-14-13(17)15-10-6-4-5-8-12(15)16;1-10-13(11-2,12-3)6-4-5-8-7-9;1-5-6-7-11(8-2,9-3)10-4/h4-11H2,1-3H3,(H,14,17);4-6H2,1-3H3;5-7H2,1-4H3. The Kier molecular flexibility index (Phi) is 28.1. The van der Waals surface area contributed by atoms with Crippen LogP contribution >= 0.6 is 0 Å². The van der Waals surface area contributed by atoms with Gasteiger partial charge < -0.3 is 45.2 Å². The molecule has 1 N–H and O–H groups in total. The maximum absolute atomic E-state index is 12.0. The fraction of sp³-hybridized carbons (Fsp3) is 0.889. The average Bonchev–Trinajstić information content (AvgIpc) is 3.31. The number of amides is 3. The molecule has 45 heavy (non-hydrogen) atoms. The number of hydrogen-bond acceptors (Lipinski definition) is 13. The number of urea groups is 1. The number of unbranched alkanes of at least 4 members (excludes halogenated alkanes) is 1. The van der Waals surface area contributed by atoms with Crippen LogP contribution in [-0.2, 0) is 49.4 Å². The Balaban J connectivity index is 0. The van der Waals surface area contributed by atoms with Gasteiger partial charge in [0, 0.05) is 102 Å². The van der Waals surface area contributed by atoms with E-state index in [1.165, 1.54) is 11.0 Å². The summed E-state index contributed by atoms with van der Waals surface area (Å²) in [6, 6.07) is 1.88. The molecule has 0 unspecified atom stereocenters. The lowest BCUT2D eigenvalue weighted by Crippen LogP contribution is -2.45. The van der Waals surface area contributed by atoms with Gasteiger partial charge in [0.2, 0.25) is 12.0 Å². The summed E-state index contributed by atoms with van der Waals surface area (Å²) in [7, 11) is 7.03. The summed E-state index contributed by atoms with van der Waals surface area (Å²) >= 11 is 0. The molecule has 1 fully saturated rings. The molecule has 0 saturated carbocycles. The number of carbonyl (C=O) groups is 2. The smallest absolute Gasteiger partial charge is 0.377 e. The van der Waals surface area contributed by atoms with E-state index in [-0.39, 0.29) is 11.9 Å². The average molecular weight is 702 g/mol. The number of carbonyl (C=O) groups excluding carboxylic acids is 3. The van der Waals surface area contributed by atoms with E-state index < -0.39 is 26.4 Å². The van der Waals surface area contributed by atoms with Gasteiger partial charge in [-0.2, -0.15) is 0 Å². The van der Waals surface area contributed by atoms with Crippen LogP contribution in [0.4, 0.5) is 4.79 Å². The number of likely N-dealkylation sites (tertiary alicyclic amines) is 1. The third-order valence-electron chi connectivity index (χ3n) is 7.21. The predicted molar refractivity (Wildman–Crippen MR) is 175 cm³/mol. The van der Waals surface area contributed by atoms with E-state index in [2.05, 4.69) is 17.2 Å². The van der Waals surface area contributed by atoms with Crippen molar-refractivity contribution < 1.29 is 54.2 Å². The number of hydrogen-bond donors (Lipinski definition) is 1. The first-order chi connectivity index (χ1) is 21.6. The van der Waals surface area contributed by atoms with Crippen molar-refractivity contribution in [1.29, 1.82) is 0 Å². The second-order valence-electron chi connectivity index (χ2n) is 9.76. The van der Waals surface area contributed by atoms with Crippen molar-refractivity contribution in [3.63, 3.8) is 0 Å². The first-order valence-corrected chi connectivity index (χ1v) is 20.9. The first-order valence-electron chi connectivity index (χ1n) is 15.2. The fourth-order valence-corrected chi connectivity index (χ4v) is 9.60. The van der Waals surface area contributed by atoms with Gasteiger partial charge >= 0.3 is 32.4 Å². The summed E-state index contributed by atoms with van der Waals surface area (Å²) in [5.74, 6) is -0.0839. The van der Waals surface area contributed by atoms with E-state index >= 15 is 0 Å². The number of rotatable bonds is 20. The van der Waals surface area contributed by atoms with E-state index in [1.54, 1.807) is 64.0 Å². The molecule has 0 atom stereocenters. The zero-order valence-electron chi connectivity index (χ0n) is 29.2. The van der Waals surface area contributed by atoms with Crippen molar-refractivity contribution >= 4 is 44.4 Å². The minimum atomic E-state index is -2.58. The SMILES string of the molecule is CCCC[Si](OC)(OC)OC.CO[Si](CCCN=C=O)(OC)OC.CO[Si](CCCNC(=O)N1CCCCCC1=O)(OC)OC. The minimum absolute atomic E-state index is 0.0839. The Morgan fingerprint density at radius 1 is 0.733 bits per heavy atom. The molecule has 266 valence electrons. The van der Waals surface area contributed by atoms with Gasteiger partial charge in [0.15, 0.2) is 0 Å². The molecule has 0 bridgehead atoms. The summed E-state index contributed by atoms with van der Waals surface area (Å²) in [6.45, 7) is 3.56. The lowest BCUT2D eigenvalue weighted by atomic mass is 10.2. The van der Waals surface area contributed by atoms with Crippen molar-refractivity contribution in [2.45, 2.75) is 76.4 Å². The van der Waals surface area contributed by atoms with Gasteiger partial charge in [0.05, 0.1) is 6.54 Å². The van der Waals surface area contributed by atoms with Gasteiger partial charge in [-0.25, -0.2) is 14.6 Å². The highest BCUT2D eigenvalue weighted by atomic mass is 28.4. The lowest BCUT2D eigenvalue weighted by Gasteiger charge is -2.24. The molecule has 1 saturated heterocycles. The van der Waals surface area contributed by atoms with Gasteiger partial charge in [-0.3, -0.25) is 9.69 Å². The molecule has 0 aromatic heterocycles. The lowest BCUT2D eigenvalue weighted by molar-refractivity contribution is -0.127. The molecular formula is C27H59N3O12Si3. The molecule has 18 heteroatoms. The van der Waals surface area contributed by atoms with Crippen molar-refractivity contribution in [3.05, 3.63) is 0 Å². The second kappa shape index (κ2) is 27.7. The van der Waals surface area contributed by atoms with Crippen LogP contribution in [-0.4, -0.2) is 133 Å². The normalized spacial score (nSPS) is 13.9. The highest BCUT2D eigenvalue weighted by Gasteiger charge is 2.38. The molecule has 0 radical (unpaired) electrons. The molecule has 0 aromatic carbocycles. The Bertz CT molecular complexity index is 788. The van der Waals surface area contributed by atoms with Gasteiger partial charge in [-0.05, 0) is 32.1 Å². The Hall–Kier alpha value is -1.39. The third-order valence-corrected chi connectivity index (χ3v) is 15.7. The van der Waals surface area contributed by atoms with Crippen molar-refractivity contribution in [1.82, 2.24) is 10.2 Å². The number of isocyanates is 1. The van der Waals surface area contributed by atoms with Gasteiger partial charge in [0.1, 0.15) is 0 Å². The minimum Gasteiger partial charge on any atom is -0.377 e. The van der Waals surface area contributed by atoms with Gasteiger partial charge in [0.25, 0.3) is 0 Å². The van der Waals surface area contributed by atoms with Gasteiger partial charge in [-0.1, -0.05) is 19.8 Å². The van der Waals surface area contributed by atoms with E-state index in [0.29, 0.717) is 51.0 Å². The molecule has 1 aliphatic heterocycles. The molecule has 3 amide bonds. The molecule has 0 aliphatic carbocycles. The largest absolute Gasteiger partial charge is 0.500 e. The van der Waals surface area contributed by atoms with Crippen molar-refractivity contribution in [2.24, 2.45) is 4.99 Å². The molecule has 0 aromatic rings. The van der Waals surface area contributed by atoms with Crippen molar-refractivity contribution in [2.75, 3.05) is 83.6 Å². The second-order valence-corrected chi connectivity index (χ2v) is 19.0. The highest BCUT2D eigenvalue weighted by molar-refractivity contribution is 6.61. The van der Waals surface area contributed by atoms with Gasteiger partial charge in [-0.15, -0.1) is 0 Å². The van der Waals surface area contributed by atoms with Crippen LogP contribution < -0.4 is 5.32 Å². The van der Waals surface area contributed by atoms with Crippen molar-refractivity contribution in [3.8, 4) is 0 Å². The van der Waals surface area contributed by atoms with Crippen LogP contribution in [0.15, 0.2) is 4.99 Å². The molecule has 1 aliphatic rings. The summed E-state index contributed by atoms with van der Waals surface area (Å²) in [6.07, 6.45) is 8.31. The van der Waals surface area contributed by atoms with E-state index in [9.17, 15) is 14.4 Å². The van der Waals surface area contributed by atoms with Crippen LogP contribution in [0.5, 0.6) is 0 Å². The quantitative estimate of drug-likeness (QED) is 0.0851. The number of nitrogens with one attached hydrogen (secondary N) is 1. The third kappa shape index (κ3) is 18.5. The summed E-state index contributed by atoms with van der Waals surface area (Å²) in [5.41, 5.74) is 0. The zero-order chi connectivity index (χ0) is 34.6. The molecule has 15 nitrogen and oxygen atoms in total. The van der Waals surface area contributed by atoms with E-state index in [4.69, 9.17) is 39.8 Å². The van der Waals surface area contributed by atoms with Crippen LogP contribution in [0.2, 0.25) is 18.1 Å². The van der Waals surface area contributed by atoms with Crippen LogP contribution in [0, 0.1) is 0 Å². The molecular weight excluding hydrogens is 643 g/mol. The first kappa shape index (κ1) is 45.7. The molecule has 1 heterocycles. The van der Waals surface area contributed by atoms with Crippen LogP contribution in [0.3, 0.4) is 0 Å². The van der Waals surface area contributed by atoms with Crippen LogP contribution in [0.25, 0.3) is 0 Å². The summed E-state index contributed by atoms with van der Waals surface area (Å²) in [5, 5.41) is 2.78. The number of aliphatic imine (C=N–C) groups is 1. The predicted octanol–water partition coefficient (Wildman–Crippen LogP) is 3.62. The summed E-state index contributed by atoms with van der Waals surface area (Å²) < 4.78 is 47.1. The molecule has 1 rings (SSSR count). The Morgan fingerprint density at radius 2 is 1.18 bits per heavy atom. The highest BCUT2D eigenvalue weighted by Crippen LogP contribution is 2.17. The summed E-state index contributed by atoms with van der Waals surface area (Å²) in [4.78, 5) is 38.3. The Labute approximate surface area is 273 Å². The number of imide groups is 1. The van der Waals surface area contributed by atoms with E-state index in [0.717, 1.165) is 38.1 Å². The fourth-order valence-electron chi connectivity index (χ4n) is 4.28. The maximum Gasteiger partial charge on any atom is 0.500 e. The molecule has 0 spiro atoms. The topological polar surface area (TPSA) is 162 Å². The number of nitrogens with zero attached hydrogens (tertiary/aromatic N) is 2. The monoisotopic (exact) mass is 701 g/mol. The zero-order valence-corrected chi connectivity index (χ0v) is 32.2. The maximum atomic E-state index is 12.0.